The van der Waals surface area contributed by atoms with E-state index in [2.05, 4.69) is 0 Å². The van der Waals surface area contributed by atoms with Gasteiger partial charge in [0, 0.05) is 24.2 Å². The third kappa shape index (κ3) is 6.28. The van der Waals surface area contributed by atoms with Crippen LogP contribution in [0.2, 0.25) is 0 Å². The summed E-state index contributed by atoms with van der Waals surface area (Å²) in [4.78, 5) is 35.1. The van der Waals surface area contributed by atoms with Gasteiger partial charge in [-0.25, -0.2) is 9.38 Å². The van der Waals surface area contributed by atoms with Gasteiger partial charge in [-0.05, 0) is 68.8 Å². The minimum absolute atomic E-state index is 0.0304. The van der Waals surface area contributed by atoms with Crippen molar-refractivity contribution in [1.29, 1.82) is 0 Å². The molecule has 0 saturated carbocycles. The average molecular weight is 646 g/mol. The normalized spacial score (nSPS) is 14.4. The lowest BCUT2D eigenvalue weighted by atomic mass is 9.93. The van der Waals surface area contributed by atoms with Crippen LogP contribution in [0.1, 0.15) is 43.5 Å². The summed E-state index contributed by atoms with van der Waals surface area (Å²) in [5, 5.41) is 0. The highest BCUT2D eigenvalue weighted by Crippen LogP contribution is 2.38. The highest BCUT2D eigenvalue weighted by Gasteiger charge is 2.36. The van der Waals surface area contributed by atoms with Crippen LogP contribution in [0.25, 0.3) is 6.08 Å². The molecule has 0 bridgehead atoms. The van der Waals surface area contributed by atoms with Crippen LogP contribution in [0, 0.1) is 5.82 Å². The Hall–Kier alpha value is -4.90. The Labute approximate surface area is 270 Å². The van der Waals surface area contributed by atoms with E-state index < -0.39 is 6.04 Å². The van der Waals surface area contributed by atoms with E-state index in [-0.39, 0.29) is 23.9 Å². The molecule has 1 aliphatic rings. The fraction of sp³-hybridized carbons (Fsp3) is 0.286. The van der Waals surface area contributed by atoms with E-state index in [1.165, 1.54) is 24.5 Å². The number of hydrogen-bond acceptors (Lipinski definition) is 8. The second-order valence-corrected chi connectivity index (χ2v) is 11.5. The molecule has 0 N–H and O–H groups in total. The fourth-order valence-corrected chi connectivity index (χ4v) is 6.49. The number of ether oxygens (including phenoxy) is 4. The Morgan fingerprint density at radius 3 is 2.37 bits per heavy atom. The van der Waals surface area contributed by atoms with Gasteiger partial charge >= 0.3 is 0 Å². The molecule has 11 heteroatoms. The molecule has 9 nitrogen and oxygen atoms in total. The predicted octanol–water partition coefficient (Wildman–Crippen LogP) is 4.85. The van der Waals surface area contributed by atoms with Gasteiger partial charge in [0.1, 0.15) is 30.0 Å². The largest absolute Gasteiger partial charge is 0.497 e. The van der Waals surface area contributed by atoms with Crippen LogP contribution in [0.4, 0.5) is 4.39 Å². The van der Waals surface area contributed by atoms with Crippen LogP contribution < -0.4 is 33.8 Å². The Kier molecular flexibility index (Phi) is 9.91. The summed E-state index contributed by atoms with van der Waals surface area (Å²) in [6.45, 7) is 6.65. The zero-order valence-electron chi connectivity index (χ0n) is 26.6. The van der Waals surface area contributed by atoms with Crippen molar-refractivity contribution in [3.63, 3.8) is 0 Å². The first kappa shape index (κ1) is 32.5. The number of likely N-dealkylation sites (N-methyl/N-ethyl adjacent to an activating group) is 1. The quantitative estimate of drug-likeness (QED) is 0.232. The molecule has 0 fully saturated rings. The van der Waals surface area contributed by atoms with E-state index in [0.29, 0.717) is 73.4 Å². The van der Waals surface area contributed by atoms with E-state index >= 15 is 0 Å². The highest BCUT2D eigenvalue weighted by molar-refractivity contribution is 7.07. The second kappa shape index (κ2) is 14.0. The van der Waals surface area contributed by atoms with Crippen molar-refractivity contribution in [1.82, 2.24) is 9.47 Å². The number of benzene rings is 3. The van der Waals surface area contributed by atoms with Crippen molar-refractivity contribution >= 4 is 23.3 Å². The molecule has 0 saturated heterocycles. The molecule has 4 aromatic rings. The lowest BCUT2D eigenvalue weighted by molar-refractivity contribution is -0.127. The summed E-state index contributed by atoms with van der Waals surface area (Å²) in [5.41, 5.74) is 2.33. The number of carbonyl (C=O) groups excluding carboxylic acids is 1. The number of nitrogens with zero attached hydrogens (tertiary/aromatic N) is 3. The maximum absolute atomic E-state index is 14.2. The lowest BCUT2D eigenvalue weighted by Gasteiger charge is -2.30. The minimum Gasteiger partial charge on any atom is -0.497 e. The van der Waals surface area contributed by atoms with Gasteiger partial charge in [-0.2, -0.15) is 0 Å². The molecule has 5 rings (SSSR count). The Morgan fingerprint density at radius 2 is 1.70 bits per heavy atom. The number of halogens is 1. The van der Waals surface area contributed by atoms with E-state index in [0.717, 1.165) is 0 Å². The van der Waals surface area contributed by atoms with Crippen molar-refractivity contribution in [2.24, 2.45) is 4.99 Å². The first-order chi connectivity index (χ1) is 22.2. The van der Waals surface area contributed by atoms with Gasteiger partial charge < -0.3 is 23.8 Å². The molecule has 1 atom stereocenters. The molecule has 0 radical (unpaired) electrons. The molecule has 1 aromatic heterocycles. The number of hydrogen-bond donors (Lipinski definition) is 0. The molecule has 2 heterocycles. The van der Waals surface area contributed by atoms with Crippen LogP contribution in [0.3, 0.4) is 0 Å². The van der Waals surface area contributed by atoms with Gasteiger partial charge in [0.25, 0.3) is 11.5 Å². The van der Waals surface area contributed by atoms with Gasteiger partial charge in [-0.3, -0.25) is 14.2 Å². The smallest absolute Gasteiger partial charge is 0.271 e. The van der Waals surface area contributed by atoms with Crippen molar-refractivity contribution in [2.75, 3.05) is 34.4 Å². The van der Waals surface area contributed by atoms with Gasteiger partial charge in [0.15, 0.2) is 16.3 Å². The summed E-state index contributed by atoms with van der Waals surface area (Å²) in [6, 6.07) is 16.2. The fourth-order valence-electron chi connectivity index (χ4n) is 5.44. The summed E-state index contributed by atoms with van der Waals surface area (Å²) in [5.74, 6) is 1.38. The van der Waals surface area contributed by atoms with Crippen LogP contribution in [0.15, 0.2) is 81.7 Å². The monoisotopic (exact) mass is 645 g/mol. The number of carbonyl (C=O) groups is 1. The highest BCUT2D eigenvalue weighted by atomic mass is 32.1. The molecule has 1 amide bonds. The van der Waals surface area contributed by atoms with Gasteiger partial charge in [0.05, 0.1) is 37.1 Å². The number of rotatable bonds is 11. The summed E-state index contributed by atoms with van der Waals surface area (Å²) in [7, 11) is 4.63. The average Bonchev–Trinajstić information content (AvgIpc) is 3.37. The van der Waals surface area contributed by atoms with E-state index in [1.807, 2.05) is 13.8 Å². The van der Waals surface area contributed by atoms with Crippen molar-refractivity contribution in [2.45, 2.75) is 33.4 Å². The predicted molar refractivity (Wildman–Crippen MR) is 175 cm³/mol. The first-order valence-corrected chi connectivity index (χ1v) is 15.6. The van der Waals surface area contributed by atoms with Gasteiger partial charge in [-0.15, -0.1) is 0 Å². The van der Waals surface area contributed by atoms with Crippen molar-refractivity contribution < 1.29 is 28.1 Å². The van der Waals surface area contributed by atoms with Crippen LogP contribution in [0.5, 0.6) is 23.0 Å². The molecule has 46 heavy (non-hydrogen) atoms. The van der Waals surface area contributed by atoms with E-state index in [9.17, 15) is 14.0 Å². The molecule has 240 valence electrons. The van der Waals surface area contributed by atoms with E-state index in [1.54, 1.807) is 91.3 Å². The number of amides is 1. The molecular formula is C35H36FN3O6S. The summed E-state index contributed by atoms with van der Waals surface area (Å²) >= 11 is 1.23. The Bertz CT molecular complexity index is 1980. The molecular weight excluding hydrogens is 609 g/mol. The molecule has 0 unspecified atom stereocenters. The summed E-state index contributed by atoms with van der Waals surface area (Å²) < 4.78 is 38.7. The maximum atomic E-state index is 14.2. The first-order valence-electron chi connectivity index (χ1n) is 14.8. The number of aromatic nitrogens is 1. The topological polar surface area (TPSA) is 91.6 Å². The van der Waals surface area contributed by atoms with Crippen LogP contribution >= 0.6 is 11.3 Å². The molecule has 1 aliphatic heterocycles. The van der Waals surface area contributed by atoms with Gasteiger partial charge in [-0.1, -0.05) is 35.6 Å². The molecule has 0 aliphatic carbocycles. The number of fused-ring (bicyclic) bond motifs is 1. The number of thiazole rings is 1. The SMILES string of the molecule is CCN(CC)C(=O)C1=C(C)N=c2s/c(=C/c3ccc(OCc4ccccc4F)c(OC)c3)c(=O)n2[C@H]1c1cc(OC)ccc1OC. The Morgan fingerprint density at radius 1 is 0.978 bits per heavy atom. The standard InChI is InChI=1S/C35H36FN3O6S/c1-7-38(8-2)34(41)31-21(3)37-35-39(32(31)25-19-24(42-4)14-16-27(25)43-5)33(40)30(46-35)18-22-13-15-28(29(17-22)44-6)45-20-23-11-9-10-12-26(23)36/h9-19,32H,7-8,20H2,1-6H3/b30-18+/t32-/m0/s1. The zero-order chi connectivity index (χ0) is 33.0. The maximum Gasteiger partial charge on any atom is 0.271 e. The van der Waals surface area contributed by atoms with E-state index in [4.69, 9.17) is 23.9 Å². The second-order valence-electron chi connectivity index (χ2n) is 10.5. The van der Waals surface area contributed by atoms with Crippen LogP contribution in [-0.4, -0.2) is 49.8 Å². The van der Waals surface area contributed by atoms with Gasteiger partial charge in [0.2, 0.25) is 0 Å². The zero-order valence-corrected chi connectivity index (χ0v) is 27.4. The summed E-state index contributed by atoms with van der Waals surface area (Å²) in [6.07, 6.45) is 1.75. The molecule has 0 spiro atoms. The third-order valence-corrected chi connectivity index (χ3v) is 8.84. The Balaban J connectivity index is 1.62. The van der Waals surface area contributed by atoms with Crippen molar-refractivity contribution in [3.8, 4) is 23.0 Å². The number of allylic oxidation sites excluding steroid dienone is 1. The van der Waals surface area contributed by atoms with Crippen LogP contribution in [-0.2, 0) is 11.4 Å². The van der Waals surface area contributed by atoms with Crippen molar-refractivity contribution in [3.05, 3.63) is 114 Å². The minimum atomic E-state index is -0.805. The lowest BCUT2D eigenvalue weighted by Crippen LogP contribution is -2.43. The number of methoxy groups -OCH3 is 3. The molecule has 3 aromatic carbocycles. The third-order valence-electron chi connectivity index (χ3n) is 7.86.